The minimum absolute atomic E-state index is 0.0302. The topological polar surface area (TPSA) is 77.8 Å². The highest BCUT2D eigenvalue weighted by Gasteiger charge is 2.43. The maximum Gasteiger partial charge on any atom is 0.336 e. The molecule has 1 N–H and O–H groups in total. The minimum atomic E-state index is -0.616. The number of aryl methyl sites for hydroxylation is 1. The Bertz CT molecular complexity index is 1110. The number of furan rings is 1. The molecule has 168 valence electrons. The molecule has 0 saturated heterocycles. The molecule has 0 amide bonds. The maximum atomic E-state index is 13.5. The van der Waals surface area contributed by atoms with E-state index in [2.05, 4.69) is 5.32 Å². The Morgan fingerprint density at radius 3 is 2.62 bits per heavy atom. The van der Waals surface area contributed by atoms with Crippen LogP contribution in [0.5, 0.6) is 0 Å². The number of Topliss-reactive ketones (excluding diaryl/α,β-unsaturated/α-hetero) is 1. The number of methoxy groups -OCH3 is 1. The zero-order chi connectivity index (χ0) is 22.8. The van der Waals surface area contributed by atoms with Crippen LogP contribution in [0, 0.1) is 6.92 Å². The third-order valence-electron chi connectivity index (χ3n) is 5.96. The van der Waals surface area contributed by atoms with Gasteiger partial charge in [-0.3, -0.25) is 4.79 Å². The van der Waals surface area contributed by atoms with E-state index in [1.165, 1.54) is 0 Å². The zero-order valence-corrected chi connectivity index (χ0v) is 19.1. The molecule has 0 radical (unpaired) electrons. The molecule has 0 unspecified atom stereocenters. The van der Waals surface area contributed by atoms with Gasteiger partial charge in [-0.05, 0) is 49.9 Å². The van der Waals surface area contributed by atoms with Gasteiger partial charge in [0.25, 0.3) is 0 Å². The summed E-state index contributed by atoms with van der Waals surface area (Å²) in [6.45, 7) is 4.08. The van der Waals surface area contributed by atoms with E-state index in [4.69, 9.17) is 25.5 Å². The van der Waals surface area contributed by atoms with Crippen LogP contribution in [0.2, 0.25) is 5.02 Å². The van der Waals surface area contributed by atoms with Crippen molar-refractivity contribution in [3.8, 4) is 0 Å². The van der Waals surface area contributed by atoms with Crippen LogP contribution in [0.1, 0.15) is 48.7 Å². The van der Waals surface area contributed by atoms with E-state index in [0.717, 1.165) is 11.3 Å². The van der Waals surface area contributed by atoms with Gasteiger partial charge < -0.3 is 19.2 Å². The monoisotopic (exact) mass is 455 g/mol. The van der Waals surface area contributed by atoms with Gasteiger partial charge in [0, 0.05) is 35.5 Å². The number of halogens is 1. The van der Waals surface area contributed by atoms with Crippen LogP contribution in [0.3, 0.4) is 0 Å². The largest absolute Gasteiger partial charge is 0.465 e. The van der Waals surface area contributed by atoms with Crippen molar-refractivity contribution in [3.63, 3.8) is 0 Å². The summed E-state index contributed by atoms with van der Waals surface area (Å²) in [7, 11) is 1.54. The molecule has 4 rings (SSSR count). The summed E-state index contributed by atoms with van der Waals surface area (Å²) in [5, 5.41) is 3.97. The van der Waals surface area contributed by atoms with E-state index in [0.29, 0.717) is 52.8 Å². The van der Waals surface area contributed by atoms with Gasteiger partial charge in [-0.15, -0.1) is 0 Å². The minimum Gasteiger partial charge on any atom is -0.465 e. The molecule has 0 bridgehead atoms. The number of carbonyl (C=O) groups excluding carboxylic acids is 2. The first-order valence-corrected chi connectivity index (χ1v) is 11.0. The second-order valence-corrected chi connectivity index (χ2v) is 8.52. The molecule has 2 aliphatic rings. The van der Waals surface area contributed by atoms with Gasteiger partial charge in [-0.1, -0.05) is 29.8 Å². The lowest BCUT2D eigenvalue weighted by atomic mass is 9.73. The van der Waals surface area contributed by atoms with Crippen LogP contribution in [-0.2, 0) is 19.1 Å². The highest BCUT2D eigenvalue weighted by Crippen LogP contribution is 2.46. The molecule has 7 heteroatoms. The number of ketones is 1. The lowest BCUT2D eigenvalue weighted by Gasteiger charge is -2.36. The van der Waals surface area contributed by atoms with Gasteiger partial charge in [0.2, 0.25) is 0 Å². The highest BCUT2D eigenvalue weighted by molar-refractivity contribution is 6.31. The predicted molar refractivity (Wildman–Crippen MR) is 120 cm³/mol. The molecular formula is C25H26ClNO5. The number of allylic oxidation sites excluding steroid dienone is 3. The van der Waals surface area contributed by atoms with Crippen molar-refractivity contribution in [1.82, 2.24) is 5.32 Å². The van der Waals surface area contributed by atoms with E-state index in [-0.39, 0.29) is 18.3 Å². The number of rotatable bonds is 6. The molecule has 0 saturated carbocycles. The number of carbonyl (C=O) groups is 2. The van der Waals surface area contributed by atoms with Crippen molar-refractivity contribution < 1.29 is 23.5 Å². The van der Waals surface area contributed by atoms with Gasteiger partial charge >= 0.3 is 5.97 Å². The van der Waals surface area contributed by atoms with Crippen molar-refractivity contribution in [3.05, 3.63) is 81.0 Å². The van der Waals surface area contributed by atoms with Crippen molar-refractivity contribution in [1.29, 1.82) is 0 Å². The van der Waals surface area contributed by atoms with Crippen molar-refractivity contribution in [2.45, 2.75) is 38.5 Å². The van der Waals surface area contributed by atoms with Crippen molar-refractivity contribution in [2.24, 2.45) is 0 Å². The predicted octanol–water partition coefficient (Wildman–Crippen LogP) is 4.79. The van der Waals surface area contributed by atoms with Crippen LogP contribution >= 0.6 is 11.6 Å². The molecule has 0 fully saturated rings. The smallest absolute Gasteiger partial charge is 0.336 e. The first kappa shape index (κ1) is 22.4. The number of hydrogen-bond acceptors (Lipinski definition) is 6. The standard InChI is InChI=1S/C25H26ClNO5/c1-14-8-9-21(32-14)24-22(25(29)31-11-10-30-3)15(2)27-19-12-16(13-20(28)23(19)24)17-6-4-5-7-18(17)26/h4-9,16,24,27H,10-13H2,1-3H3/t16-,24-/m0/s1. The lowest BCUT2D eigenvalue weighted by Crippen LogP contribution is -2.36. The summed E-state index contributed by atoms with van der Waals surface area (Å²) in [6, 6.07) is 11.3. The first-order chi connectivity index (χ1) is 15.4. The summed E-state index contributed by atoms with van der Waals surface area (Å²) in [6.07, 6.45) is 0.926. The average Bonchev–Trinajstić information content (AvgIpc) is 3.19. The van der Waals surface area contributed by atoms with E-state index in [9.17, 15) is 9.59 Å². The quantitative estimate of drug-likeness (QED) is 0.498. The molecule has 1 aromatic carbocycles. The average molecular weight is 456 g/mol. The summed E-state index contributed by atoms with van der Waals surface area (Å²) in [5.74, 6) is 0.0944. The molecule has 0 spiro atoms. The number of benzene rings is 1. The molecule has 1 aromatic heterocycles. The Morgan fingerprint density at radius 1 is 1.16 bits per heavy atom. The SMILES string of the molecule is COCCOC(=O)C1=C(C)NC2=C(C(=O)C[C@@H](c3ccccc3Cl)C2)[C@H]1c1ccc(C)o1. The fraction of sp³-hybridized carbons (Fsp3) is 0.360. The second kappa shape index (κ2) is 9.35. The number of dihydropyridines is 1. The third kappa shape index (κ3) is 4.25. The van der Waals surface area contributed by atoms with Crippen LogP contribution in [0.4, 0.5) is 0 Å². The fourth-order valence-corrected chi connectivity index (χ4v) is 4.81. The maximum absolute atomic E-state index is 13.5. The first-order valence-electron chi connectivity index (χ1n) is 10.6. The van der Waals surface area contributed by atoms with Crippen LogP contribution in [0.15, 0.2) is 63.4 Å². The van der Waals surface area contributed by atoms with Gasteiger partial charge in [0.15, 0.2) is 5.78 Å². The summed E-state index contributed by atoms with van der Waals surface area (Å²) >= 11 is 6.42. The van der Waals surface area contributed by atoms with E-state index in [1.807, 2.05) is 50.2 Å². The number of ether oxygens (including phenoxy) is 2. The summed E-state index contributed by atoms with van der Waals surface area (Å²) in [4.78, 5) is 26.5. The van der Waals surface area contributed by atoms with E-state index in [1.54, 1.807) is 7.11 Å². The van der Waals surface area contributed by atoms with Crippen LogP contribution in [-0.4, -0.2) is 32.1 Å². The fourth-order valence-electron chi connectivity index (χ4n) is 4.52. The Kier molecular flexibility index (Phi) is 6.53. The van der Waals surface area contributed by atoms with E-state index < -0.39 is 11.9 Å². The van der Waals surface area contributed by atoms with Crippen molar-refractivity contribution in [2.75, 3.05) is 20.3 Å². The Balaban J connectivity index is 1.74. The number of hydrogen-bond donors (Lipinski definition) is 1. The molecule has 2 heterocycles. The molecule has 6 nitrogen and oxygen atoms in total. The number of esters is 1. The zero-order valence-electron chi connectivity index (χ0n) is 18.4. The molecule has 1 aliphatic carbocycles. The van der Waals surface area contributed by atoms with Gasteiger partial charge in [0.1, 0.15) is 18.1 Å². The molecular weight excluding hydrogens is 430 g/mol. The van der Waals surface area contributed by atoms with Gasteiger partial charge in [-0.25, -0.2) is 4.79 Å². The Labute approximate surface area is 192 Å². The summed E-state index contributed by atoms with van der Waals surface area (Å²) in [5.41, 5.74) is 3.35. The molecule has 2 aromatic rings. The number of nitrogens with one attached hydrogen (secondary N) is 1. The summed E-state index contributed by atoms with van der Waals surface area (Å²) < 4.78 is 16.3. The van der Waals surface area contributed by atoms with Crippen molar-refractivity contribution >= 4 is 23.4 Å². The molecule has 32 heavy (non-hydrogen) atoms. The molecule has 1 aliphatic heterocycles. The van der Waals surface area contributed by atoms with Gasteiger partial charge in [0.05, 0.1) is 18.1 Å². The van der Waals surface area contributed by atoms with Gasteiger partial charge in [-0.2, -0.15) is 0 Å². The van der Waals surface area contributed by atoms with E-state index >= 15 is 0 Å². The highest BCUT2D eigenvalue weighted by atomic mass is 35.5. The van der Waals surface area contributed by atoms with Crippen LogP contribution in [0.25, 0.3) is 0 Å². The lowest BCUT2D eigenvalue weighted by molar-refractivity contribution is -0.140. The normalized spacial score (nSPS) is 20.8. The van der Waals surface area contributed by atoms with Crippen LogP contribution < -0.4 is 5.32 Å². The second-order valence-electron chi connectivity index (χ2n) is 8.12. The molecule has 2 atom stereocenters. The third-order valence-corrected chi connectivity index (χ3v) is 6.30. The Hall–Kier alpha value is -2.83. The Morgan fingerprint density at radius 2 is 1.94 bits per heavy atom.